The fourth-order valence-corrected chi connectivity index (χ4v) is 3.09. The Bertz CT molecular complexity index is 210. The van der Waals surface area contributed by atoms with E-state index in [1.165, 1.54) is 64.2 Å². The molecule has 1 N–H and O–H groups in total. The Kier molecular flexibility index (Phi) is 5.99. The summed E-state index contributed by atoms with van der Waals surface area (Å²) in [4.78, 5) is 0. The summed E-state index contributed by atoms with van der Waals surface area (Å²) in [5.41, 5.74) is 0.971. The van der Waals surface area contributed by atoms with Crippen LogP contribution < -0.4 is 5.32 Å². The standard InChI is InChI=1S/C16H33N/c1-15(2)11-7-5-6-8-13-16(3,17-4)14-10-9-12-15/h17H,5-14H2,1-4H3. The highest BCUT2D eigenvalue weighted by Crippen LogP contribution is 2.32. The Morgan fingerprint density at radius 1 is 0.647 bits per heavy atom. The highest BCUT2D eigenvalue weighted by molar-refractivity contribution is 4.82. The molecule has 1 atom stereocenters. The summed E-state index contributed by atoms with van der Waals surface area (Å²) >= 11 is 0. The lowest BCUT2D eigenvalue weighted by atomic mass is 9.79. The fourth-order valence-electron chi connectivity index (χ4n) is 3.09. The van der Waals surface area contributed by atoms with Gasteiger partial charge in [0.15, 0.2) is 0 Å². The summed E-state index contributed by atoms with van der Waals surface area (Å²) in [7, 11) is 2.13. The van der Waals surface area contributed by atoms with Gasteiger partial charge in [0.25, 0.3) is 0 Å². The minimum Gasteiger partial charge on any atom is -0.315 e. The number of hydrogen-bond donors (Lipinski definition) is 1. The molecule has 0 bridgehead atoms. The molecule has 1 unspecified atom stereocenters. The van der Waals surface area contributed by atoms with Gasteiger partial charge in [0.05, 0.1) is 0 Å². The van der Waals surface area contributed by atoms with Crippen LogP contribution >= 0.6 is 0 Å². The highest BCUT2D eigenvalue weighted by atomic mass is 14.9. The molecule has 1 saturated carbocycles. The van der Waals surface area contributed by atoms with E-state index in [2.05, 4.69) is 33.1 Å². The first-order valence-corrected chi connectivity index (χ1v) is 7.66. The van der Waals surface area contributed by atoms with E-state index in [4.69, 9.17) is 0 Å². The third-order valence-corrected chi connectivity index (χ3v) is 4.77. The van der Waals surface area contributed by atoms with Crippen molar-refractivity contribution in [2.75, 3.05) is 7.05 Å². The Morgan fingerprint density at radius 3 is 1.59 bits per heavy atom. The zero-order valence-electron chi connectivity index (χ0n) is 12.6. The van der Waals surface area contributed by atoms with Crippen molar-refractivity contribution in [2.24, 2.45) is 5.41 Å². The molecule has 17 heavy (non-hydrogen) atoms. The lowest BCUT2D eigenvalue weighted by molar-refractivity contribution is 0.253. The van der Waals surface area contributed by atoms with Crippen LogP contribution in [0, 0.1) is 5.41 Å². The molecule has 0 aromatic rings. The molecule has 1 aliphatic rings. The Morgan fingerprint density at radius 2 is 1.06 bits per heavy atom. The first kappa shape index (κ1) is 15.0. The van der Waals surface area contributed by atoms with Crippen LogP contribution in [0.15, 0.2) is 0 Å². The van der Waals surface area contributed by atoms with Gasteiger partial charge in [-0.05, 0) is 45.1 Å². The smallest absolute Gasteiger partial charge is 0.0150 e. The van der Waals surface area contributed by atoms with E-state index in [9.17, 15) is 0 Å². The van der Waals surface area contributed by atoms with Gasteiger partial charge in [-0.3, -0.25) is 0 Å². The molecule has 1 aliphatic carbocycles. The van der Waals surface area contributed by atoms with Gasteiger partial charge in [-0.1, -0.05) is 52.4 Å². The maximum atomic E-state index is 3.55. The Balaban J connectivity index is 2.47. The van der Waals surface area contributed by atoms with Gasteiger partial charge in [-0.2, -0.15) is 0 Å². The summed E-state index contributed by atoms with van der Waals surface area (Å²) in [6.07, 6.45) is 14.0. The maximum Gasteiger partial charge on any atom is 0.0150 e. The molecule has 1 nitrogen and oxygen atoms in total. The Labute approximate surface area is 109 Å². The van der Waals surface area contributed by atoms with Crippen molar-refractivity contribution in [1.82, 2.24) is 5.32 Å². The van der Waals surface area contributed by atoms with Gasteiger partial charge in [-0.25, -0.2) is 0 Å². The van der Waals surface area contributed by atoms with Gasteiger partial charge in [-0.15, -0.1) is 0 Å². The second-order valence-corrected chi connectivity index (χ2v) is 7.10. The minimum absolute atomic E-state index is 0.392. The van der Waals surface area contributed by atoms with Crippen LogP contribution in [-0.2, 0) is 0 Å². The average molecular weight is 239 g/mol. The first-order chi connectivity index (χ1) is 7.97. The quantitative estimate of drug-likeness (QED) is 0.686. The van der Waals surface area contributed by atoms with Crippen molar-refractivity contribution >= 4 is 0 Å². The van der Waals surface area contributed by atoms with Crippen LogP contribution in [0.2, 0.25) is 0 Å². The van der Waals surface area contributed by atoms with Gasteiger partial charge in [0, 0.05) is 5.54 Å². The van der Waals surface area contributed by atoms with E-state index >= 15 is 0 Å². The molecule has 0 saturated heterocycles. The average Bonchev–Trinajstić information content (AvgIpc) is 2.28. The molecule has 0 aromatic heterocycles. The van der Waals surface area contributed by atoms with Crippen molar-refractivity contribution in [1.29, 1.82) is 0 Å². The third-order valence-electron chi connectivity index (χ3n) is 4.77. The predicted octanol–water partition coefficient (Wildman–Crippen LogP) is 4.91. The normalized spacial score (nSPS) is 32.5. The predicted molar refractivity (Wildman–Crippen MR) is 77.4 cm³/mol. The second kappa shape index (κ2) is 6.78. The zero-order chi connectivity index (χ0) is 12.8. The van der Waals surface area contributed by atoms with Crippen LogP contribution in [0.5, 0.6) is 0 Å². The first-order valence-electron chi connectivity index (χ1n) is 7.66. The van der Waals surface area contributed by atoms with Crippen LogP contribution in [0.4, 0.5) is 0 Å². The number of nitrogens with one attached hydrogen (secondary N) is 1. The summed E-state index contributed by atoms with van der Waals surface area (Å²) in [5, 5.41) is 3.55. The largest absolute Gasteiger partial charge is 0.315 e. The topological polar surface area (TPSA) is 12.0 Å². The summed E-state index contributed by atoms with van der Waals surface area (Å²) < 4.78 is 0. The van der Waals surface area contributed by atoms with E-state index in [0.29, 0.717) is 11.0 Å². The molecular weight excluding hydrogens is 206 g/mol. The summed E-state index contributed by atoms with van der Waals surface area (Å²) in [6, 6.07) is 0. The molecule has 0 aromatic carbocycles. The van der Waals surface area contributed by atoms with Crippen molar-refractivity contribution in [2.45, 2.75) is 90.5 Å². The Hall–Kier alpha value is -0.0400. The fraction of sp³-hybridized carbons (Fsp3) is 1.00. The molecule has 0 aliphatic heterocycles. The van der Waals surface area contributed by atoms with Crippen molar-refractivity contribution < 1.29 is 0 Å². The molecule has 0 heterocycles. The van der Waals surface area contributed by atoms with Crippen molar-refractivity contribution in [3.8, 4) is 0 Å². The lowest BCUT2D eigenvalue weighted by Crippen LogP contribution is -2.39. The van der Waals surface area contributed by atoms with Crippen LogP contribution in [-0.4, -0.2) is 12.6 Å². The van der Waals surface area contributed by atoms with Gasteiger partial charge < -0.3 is 5.32 Å². The van der Waals surface area contributed by atoms with Crippen LogP contribution in [0.3, 0.4) is 0 Å². The molecule has 0 amide bonds. The van der Waals surface area contributed by atoms with Gasteiger partial charge in [0.2, 0.25) is 0 Å². The van der Waals surface area contributed by atoms with Gasteiger partial charge in [0.1, 0.15) is 0 Å². The molecule has 102 valence electrons. The highest BCUT2D eigenvalue weighted by Gasteiger charge is 2.23. The number of rotatable bonds is 1. The molecule has 0 spiro atoms. The summed E-state index contributed by atoms with van der Waals surface area (Å²) in [6.45, 7) is 7.32. The second-order valence-electron chi connectivity index (χ2n) is 7.10. The van der Waals surface area contributed by atoms with E-state index in [0.717, 1.165) is 0 Å². The molecule has 0 radical (unpaired) electrons. The molecule has 1 fully saturated rings. The number of hydrogen-bond acceptors (Lipinski definition) is 1. The van der Waals surface area contributed by atoms with E-state index < -0.39 is 0 Å². The SMILES string of the molecule is CNC1(C)CCCCCCC(C)(C)CCCC1. The maximum absolute atomic E-state index is 3.55. The monoisotopic (exact) mass is 239 g/mol. The van der Waals surface area contributed by atoms with Crippen LogP contribution in [0.25, 0.3) is 0 Å². The third kappa shape index (κ3) is 5.90. The van der Waals surface area contributed by atoms with Crippen molar-refractivity contribution in [3.63, 3.8) is 0 Å². The zero-order valence-corrected chi connectivity index (χ0v) is 12.6. The minimum atomic E-state index is 0.392. The molecular formula is C16H33N. The molecule has 1 heteroatoms. The van der Waals surface area contributed by atoms with Crippen LogP contribution in [0.1, 0.15) is 85.0 Å². The molecule has 1 rings (SSSR count). The van der Waals surface area contributed by atoms with Crippen molar-refractivity contribution in [3.05, 3.63) is 0 Å². The lowest BCUT2D eigenvalue weighted by Gasteiger charge is -2.31. The van der Waals surface area contributed by atoms with E-state index in [-0.39, 0.29) is 0 Å². The van der Waals surface area contributed by atoms with E-state index in [1.54, 1.807) is 0 Å². The van der Waals surface area contributed by atoms with E-state index in [1.807, 2.05) is 0 Å². The van der Waals surface area contributed by atoms with Gasteiger partial charge >= 0.3 is 0 Å². The summed E-state index contributed by atoms with van der Waals surface area (Å²) in [5.74, 6) is 0.